The van der Waals surface area contributed by atoms with E-state index in [1.807, 2.05) is 0 Å². The maximum Gasteiger partial charge on any atom is 0.242 e. The second kappa shape index (κ2) is 3.33. The average molecular weight is 180 g/mol. The van der Waals surface area contributed by atoms with E-state index in [9.17, 15) is 18.0 Å². The van der Waals surface area contributed by atoms with Gasteiger partial charge < -0.3 is 5.73 Å². The Labute approximate surface area is 63.8 Å². The van der Waals surface area contributed by atoms with Crippen LogP contribution in [0.25, 0.3) is 0 Å². The summed E-state index contributed by atoms with van der Waals surface area (Å²) in [5, 5.41) is 0. The van der Waals surface area contributed by atoms with Crippen LogP contribution in [0.5, 0.6) is 0 Å². The molecule has 0 rings (SSSR count). The molecular weight excluding hydrogens is 172 g/mol. The Bertz CT molecular complexity index is 268. The number of hydrogen-bond donors (Lipinski definition) is 2. The summed E-state index contributed by atoms with van der Waals surface area (Å²) in [5.74, 6) is -1.79. The smallest absolute Gasteiger partial charge is 0.242 e. The highest BCUT2D eigenvalue weighted by atomic mass is 32.2. The molecule has 0 saturated heterocycles. The number of nitrogens with two attached hydrogens (primary N) is 1. The van der Waals surface area contributed by atoms with Crippen molar-refractivity contribution in [3.63, 3.8) is 0 Å². The lowest BCUT2D eigenvalue weighted by Gasteiger charge is -1.98. The van der Waals surface area contributed by atoms with Crippen LogP contribution in [0.2, 0.25) is 0 Å². The average Bonchev–Trinajstić information content (AvgIpc) is 1.53. The Morgan fingerprint density at radius 2 is 1.91 bits per heavy atom. The van der Waals surface area contributed by atoms with Crippen molar-refractivity contribution >= 4 is 21.8 Å². The predicted molar refractivity (Wildman–Crippen MR) is 36.8 cm³/mol. The van der Waals surface area contributed by atoms with Crippen LogP contribution in [-0.4, -0.2) is 26.5 Å². The van der Waals surface area contributed by atoms with Crippen molar-refractivity contribution in [3.8, 4) is 0 Å². The van der Waals surface area contributed by atoms with Gasteiger partial charge in [-0.05, 0) is 0 Å². The third-order valence-corrected chi connectivity index (χ3v) is 1.23. The summed E-state index contributed by atoms with van der Waals surface area (Å²) in [4.78, 5) is 20.5. The Hall–Kier alpha value is -1.11. The van der Waals surface area contributed by atoms with E-state index in [0.717, 1.165) is 6.26 Å². The van der Waals surface area contributed by atoms with Gasteiger partial charge in [0, 0.05) is 0 Å². The standard InChI is InChI=1S/C4H8N2O4S/c1-11(9,10)6-4(8)2-3(5)7/h2H2,1H3,(H2,5,7)(H,6,8). The maximum absolute atomic E-state index is 10.5. The van der Waals surface area contributed by atoms with E-state index in [2.05, 4.69) is 5.73 Å². The van der Waals surface area contributed by atoms with E-state index in [1.165, 1.54) is 0 Å². The largest absolute Gasteiger partial charge is 0.369 e. The van der Waals surface area contributed by atoms with Crippen molar-refractivity contribution < 1.29 is 18.0 Å². The number of nitrogens with one attached hydrogen (secondary N) is 1. The van der Waals surface area contributed by atoms with Crippen LogP contribution in [-0.2, 0) is 19.6 Å². The molecule has 0 aromatic rings. The SMILES string of the molecule is CS(=O)(=O)NC(=O)CC(N)=O. The fourth-order valence-electron chi connectivity index (χ4n) is 0.401. The molecule has 0 saturated carbocycles. The Balaban J connectivity index is 4.01. The third kappa shape index (κ3) is 6.78. The quantitative estimate of drug-likeness (QED) is 0.487. The van der Waals surface area contributed by atoms with Crippen molar-refractivity contribution in [1.29, 1.82) is 0 Å². The summed E-state index contributed by atoms with van der Waals surface area (Å²) in [6.07, 6.45) is 0.193. The zero-order valence-corrected chi connectivity index (χ0v) is 6.64. The van der Waals surface area contributed by atoms with Gasteiger partial charge in [0.25, 0.3) is 0 Å². The summed E-state index contributed by atoms with van der Waals surface area (Å²) in [6.45, 7) is 0. The molecule has 0 aromatic carbocycles. The van der Waals surface area contributed by atoms with Crippen LogP contribution in [0.4, 0.5) is 0 Å². The molecule has 7 heteroatoms. The second-order valence-corrected chi connectivity index (χ2v) is 3.69. The summed E-state index contributed by atoms with van der Waals surface area (Å²) in [7, 11) is -3.58. The number of carbonyl (C=O) groups excluding carboxylic acids is 2. The molecule has 64 valence electrons. The first-order valence-electron chi connectivity index (χ1n) is 2.60. The summed E-state index contributed by atoms with van der Waals surface area (Å²) in [5.41, 5.74) is 4.62. The molecule has 0 aromatic heterocycles. The fraction of sp³-hybridized carbons (Fsp3) is 0.500. The number of amides is 2. The highest BCUT2D eigenvalue weighted by Gasteiger charge is 2.10. The number of carbonyl (C=O) groups is 2. The van der Waals surface area contributed by atoms with Crippen LogP contribution in [0, 0.1) is 0 Å². The number of primary amides is 1. The van der Waals surface area contributed by atoms with Gasteiger partial charge in [0.1, 0.15) is 6.42 Å². The fourth-order valence-corrected chi connectivity index (χ4v) is 0.887. The first-order chi connectivity index (χ1) is 4.81. The van der Waals surface area contributed by atoms with Crippen LogP contribution in [0.15, 0.2) is 0 Å². The zero-order valence-electron chi connectivity index (χ0n) is 5.83. The molecule has 0 aliphatic rings. The lowest BCUT2D eigenvalue weighted by molar-refractivity contribution is -0.126. The van der Waals surface area contributed by atoms with Gasteiger partial charge in [0.15, 0.2) is 0 Å². The molecule has 0 heterocycles. The highest BCUT2D eigenvalue weighted by molar-refractivity contribution is 7.89. The topological polar surface area (TPSA) is 106 Å². The van der Waals surface area contributed by atoms with Gasteiger partial charge in [-0.25, -0.2) is 8.42 Å². The van der Waals surface area contributed by atoms with Gasteiger partial charge in [-0.3, -0.25) is 14.3 Å². The molecule has 0 fully saturated rings. The van der Waals surface area contributed by atoms with Gasteiger partial charge in [-0.1, -0.05) is 0 Å². The lowest BCUT2D eigenvalue weighted by Crippen LogP contribution is -2.32. The van der Waals surface area contributed by atoms with Crippen LogP contribution in [0.3, 0.4) is 0 Å². The molecule has 0 atom stereocenters. The van der Waals surface area contributed by atoms with Crippen molar-refractivity contribution in [2.45, 2.75) is 6.42 Å². The number of rotatable bonds is 3. The van der Waals surface area contributed by atoms with Crippen molar-refractivity contribution in [1.82, 2.24) is 4.72 Å². The molecule has 3 N–H and O–H groups in total. The summed E-state index contributed by atoms with van der Waals surface area (Å²) < 4.78 is 22.3. The summed E-state index contributed by atoms with van der Waals surface area (Å²) in [6, 6.07) is 0. The minimum Gasteiger partial charge on any atom is -0.369 e. The van der Waals surface area contributed by atoms with Gasteiger partial charge in [0.05, 0.1) is 6.26 Å². The van der Waals surface area contributed by atoms with E-state index in [1.54, 1.807) is 4.72 Å². The molecular formula is C4H8N2O4S. The number of sulfonamides is 1. The van der Waals surface area contributed by atoms with Gasteiger partial charge in [0.2, 0.25) is 21.8 Å². The molecule has 11 heavy (non-hydrogen) atoms. The Morgan fingerprint density at radius 3 is 2.18 bits per heavy atom. The third-order valence-electron chi connectivity index (χ3n) is 0.634. The van der Waals surface area contributed by atoms with E-state index in [-0.39, 0.29) is 0 Å². The highest BCUT2D eigenvalue weighted by Crippen LogP contribution is 1.80. The predicted octanol–water partition coefficient (Wildman–Crippen LogP) is -2.06. The van der Waals surface area contributed by atoms with Crippen molar-refractivity contribution in [3.05, 3.63) is 0 Å². The van der Waals surface area contributed by atoms with Crippen LogP contribution in [0.1, 0.15) is 6.42 Å². The molecule has 6 nitrogen and oxygen atoms in total. The van der Waals surface area contributed by atoms with E-state index >= 15 is 0 Å². The van der Waals surface area contributed by atoms with Crippen molar-refractivity contribution in [2.24, 2.45) is 5.73 Å². The van der Waals surface area contributed by atoms with E-state index < -0.39 is 28.3 Å². The molecule has 0 bridgehead atoms. The molecule has 0 aliphatic carbocycles. The minimum atomic E-state index is -3.58. The first kappa shape index (κ1) is 9.89. The Morgan fingerprint density at radius 1 is 1.45 bits per heavy atom. The van der Waals surface area contributed by atoms with Crippen LogP contribution < -0.4 is 10.5 Å². The zero-order chi connectivity index (χ0) is 9.07. The maximum atomic E-state index is 10.5. The molecule has 0 unspecified atom stereocenters. The molecule has 2 amide bonds. The van der Waals surface area contributed by atoms with Gasteiger partial charge >= 0.3 is 0 Å². The lowest BCUT2D eigenvalue weighted by atomic mass is 10.4. The van der Waals surface area contributed by atoms with Gasteiger partial charge in [-0.2, -0.15) is 0 Å². The normalized spacial score (nSPS) is 10.6. The van der Waals surface area contributed by atoms with Gasteiger partial charge in [-0.15, -0.1) is 0 Å². The molecule has 0 radical (unpaired) electrons. The Kier molecular flexibility index (Phi) is 2.99. The second-order valence-electron chi connectivity index (χ2n) is 1.94. The molecule has 0 aliphatic heterocycles. The van der Waals surface area contributed by atoms with E-state index in [0.29, 0.717) is 0 Å². The minimum absolute atomic E-state index is 0.618. The van der Waals surface area contributed by atoms with Crippen molar-refractivity contribution in [2.75, 3.05) is 6.26 Å². The summed E-state index contributed by atoms with van der Waals surface area (Å²) >= 11 is 0. The van der Waals surface area contributed by atoms with E-state index in [4.69, 9.17) is 0 Å². The number of hydrogen-bond acceptors (Lipinski definition) is 4. The van der Waals surface area contributed by atoms with Crippen LogP contribution >= 0.6 is 0 Å². The molecule has 0 spiro atoms. The monoisotopic (exact) mass is 180 g/mol. The first-order valence-corrected chi connectivity index (χ1v) is 4.49.